The minimum absolute atomic E-state index is 0.0515. The van der Waals surface area contributed by atoms with Crippen molar-refractivity contribution in [1.29, 1.82) is 0 Å². The smallest absolute Gasteiger partial charge is 0.387 e. The van der Waals surface area contributed by atoms with Crippen LogP contribution in [0, 0.1) is 0 Å². The number of alkyl halides is 2. The number of methoxy groups -OCH3 is 1. The molecule has 19 heavy (non-hydrogen) atoms. The number of ether oxygens (including phenoxy) is 2. The Balaban J connectivity index is 2.98. The van der Waals surface area contributed by atoms with E-state index in [-0.39, 0.29) is 22.9 Å². The quantitative estimate of drug-likeness (QED) is 0.839. The van der Waals surface area contributed by atoms with Gasteiger partial charge >= 0.3 is 6.61 Å². The minimum Gasteiger partial charge on any atom is -0.493 e. The second kappa shape index (κ2) is 6.55. The average Bonchev–Trinajstić information content (AvgIpc) is 2.27. The van der Waals surface area contributed by atoms with Crippen LogP contribution in [0.25, 0.3) is 0 Å². The fraction of sp³-hybridized carbons (Fsp3) is 0.455. The molecule has 0 radical (unpaired) electrons. The minimum atomic E-state index is -3.48. The number of hydrogen-bond acceptors (Lipinski definition) is 4. The van der Waals surface area contributed by atoms with Crippen LogP contribution >= 0.6 is 0 Å². The molecule has 0 fully saturated rings. The number of sulfonamides is 1. The molecule has 0 aliphatic carbocycles. The van der Waals surface area contributed by atoms with Gasteiger partial charge in [0.15, 0.2) is 11.5 Å². The molecule has 1 N–H and O–H groups in total. The molecule has 1 rings (SSSR count). The van der Waals surface area contributed by atoms with Crippen LogP contribution in [-0.4, -0.2) is 27.9 Å². The Morgan fingerprint density at radius 3 is 2.53 bits per heavy atom. The van der Waals surface area contributed by atoms with Gasteiger partial charge in [-0.05, 0) is 18.6 Å². The average molecular weight is 295 g/mol. The zero-order valence-electron chi connectivity index (χ0n) is 10.5. The lowest BCUT2D eigenvalue weighted by Crippen LogP contribution is -2.16. The van der Waals surface area contributed by atoms with Gasteiger partial charge in [0.25, 0.3) is 0 Å². The van der Waals surface area contributed by atoms with Crippen LogP contribution in [0.1, 0.15) is 13.3 Å². The van der Waals surface area contributed by atoms with Crippen molar-refractivity contribution in [1.82, 2.24) is 0 Å². The van der Waals surface area contributed by atoms with Crippen molar-refractivity contribution in [3.8, 4) is 11.5 Å². The predicted octanol–water partition coefficient (Wildman–Crippen LogP) is 2.45. The third kappa shape index (κ3) is 4.90. The van der Waals surface area contributed by atoms with E-state index in [4.69, 9.17) is 4.74 Å². The zero-order valence-corrected chi connectivity index (χ0v) is 11.3. The van der Waals surface area contributed by atoms with E-state index in [2.05, 4.69) is 9.46 Å². The number of anilines is 1. The maximum atomic E-state index is 12.2. The molecular formula is C11H15F2NO4S. The van der Waals surface area contributed by atoms with E-state index in [1.807, 2.05) is 0 Å². The van der Waals surface area contributed by atoms with Crippen LogP contribution < -0.4 is 14.2 Å². The summed E-state index contributed by atoms with van der Waals surface area (Å²) < 4.78 is 58.9. The highest BCUT2D eigenvalue weighted by Crippen LogP contribution is 2.31. The molecule has 0 bridgehead atoms. The van der Waals surface area contributed by atoms with Crippen LogP contribution in [0.4, 0.5) is 14.5 Å². The molecule has 0 saturated heterocycles. The van der Waals surface area contributed by atoms with Crippen LogP contribution in [0.2, 0.25) is 0 Å². The fourth-order valence-corrected chi connectivity index (χ4v) is 2.55. The van der Waals surface area contributed by atoms with E-state index in [0.29, 0.717) is 6.42 Å². The summed E-state index contributed by atoms with van der Waals surface area (Å²) in [6.45, 7) is -1.30. The first-order valence-corrected chi connectivity index (χ1v) is 7.16. The van der Waals surface area contributed by atoms with Crippen molar-refractivity contribution in [2.45, 2.75) is 20.0 Å². The second-order valence-electron chi connectivity index (χ2n) is 3.67. The molecular weight excluding hydrogens is 280 g/mol. The third-order valence-corrected chi connectivity index (χ3v) is 3.62. The summed E-state index contributed by atoms with van der Waals surface area (Å²) in [5.41, 5.74) is 0.143. The van der Waals surface area contributed by atoms with E-state index in [1.54, 1.807) is 6.92 Å². The molecule has 108 valence electrons. The number of nitrogens with one attached hydrogen (secondary N) is 1. The van der Waals surface area contributed by atoms with Gasteiger partial charge in [-0.15, -0.1) is 0 Å². The lowest BCUT2D eigenvalue weighted by atomic mass is 10.3. The zero-order chi connectivity index (χ0) is 14.5. The summed E-state index contributed by atoms with van der Waals surface area (Å²) in [6, 6.07) is 3.91. The molecule has 0 aromatic heterocycles. The van der Waals surface area contributed by atoms with Gasteiger partial charge in [-0.3, -0.25) is 4.72 Å². The first-order chi connectivity index (χ1) is 8.88. The predicted molar refractivity (Wildman–Crippen MR) is 67.3 cm³/mol. The molecule has 5 nitrogen and oxygen atoms in total. The molecule has 1 aromatic carbocycles. The van der Waals surface area contributed by atoms with Gasteiger partial charge in [-0.1, -0.05) is 6.92 Å². The highest BCUT2D eigenvalue weighted by molar-refractivity contribution is 7.92. The topological polar surface area (TPSA) is 64.6 Å². The normalized spacial score (nSPS) is 11.4. The monoisotopic (exact) mass is 295 g/mol. The standard InChI is InChI=1S/C11H15F2NO4S/c1-3-6-19(15,16)14-8-4-5-9(17-2)10(7-8)18-11(12)13/h4-5,7,11,14H,3,6H2,1-2H3. The lowest BCUT2D eigenvalue weighted by Gasteiger charge is -2.12. The van der Waals surface area contributed by atoms with Crippen molar-refractivity contribution in [2.24, 2.45) is 0 Å². The Kier molecular flexibility index (Phi) is 5.34. The molecule has 0 aliphatic heterocycles. The molecule has 0 spiro atoms. The SMILES string of the molecule is CCCS(=O)(=O)Nc1ccc(OC)c(OC(F)F)c1. The van der Waals surface area contributed by atoms with E-state index in [9.17, 15) is 17.2 Å². The van der Waals surface area contributed by atoms with Crippen molar-refractivity contribution in [2.75, 3.05) is 17.6 Å². The second-order valence-corrected chi connectivity index (χ2v) is 5.51. The molecule has 0 atom stereocenters. The molecule has 0 heterocycles. The Labute approximate surface area is 110 Å². The van der Waals surface area contributed by atoms with Gasteiger partial charge < -0.3 is 9.47 Å². The number of rotatable bonds is 7. The van der Waals surface area contributed by atoms with Gasteiger partial charge in [-0.25, -0.2) is 8.42 Å². The molecule has 8 heteroatoms. The largest absolute Gasteiger partial charge is 0.493 e. The summed E-state index contributed by atoms with van der Waals surface area (Å²) in [4.78, 5) is 0. The summed E-state index contributed by atoms with van der Waals surface area (Å²) in [6.07, 6.45) is 0.450. The first kappa shape index (κ1) is 15.5. The van der Waals surface area contributed by atoms with Crippen LogP contribution in [-0.2, 0) is 10.0 Å². The summed E-state index contributed by atoms with van der Waals surface area (Å²) >= 11 is 0. The van der Waals surface area contributed by atoms with Gasteiger partial charge in [0, 0.05) is 6.07 Å². The Morgan fingerprint density at radius 2 is 2.00 bits per heavy atom. The molecule has 0 amide bonds. The molecule has 0 unspecified atom stereocenters. The maximum absolute atomic E-state index is 12.2. The van der Waals surface area contributed by atoms with E-state index >= 15 is 0 Å². The van der Waals surface area contributed by atoms with E-state index < -0.39 is 16.6 Å². The maximum Gasteiger partial charge on any atom is 0.387 e. The molecule has 0 aliphatic rings. The van der Waals surface area contributed by atoms with Crippen molar-refractivity contribution >= 4 is 15.7 Å². The Bertz CT molecular complexity index is 519. The molecule has 0 saturated carbocycles. The van der Waals surface area contributed by atoms with Gasteiger partial charge in [0.05, 0.1) is 18.6 Å². The molecule has 1 aromatic rings. The summed E-state index contributed by atoms with van der Waals surface area (Å²) in [7, 11) is -2.18. The summed E-state index contributed by atoms with van der Waals surface area (Å²) in [5.74, 6) is -0.183. The first-order valence-electron chi connectivity index (χ1n) is 5.51. The van der Waals surface area contributed by atoms with E-state index in [0.717, 1.165) is 6.07 Å². The van der Waals surface area contributed by atoms with Crippen LogP contribution in [0.15, 0.2) is 18.2 Å². The van der Waals surface area contributed by atoms with Gasteiger partial charge in [0.1, 0.15) is 0 Å². The highest BCUT2D eigenvalue weighted by atomic mass is 32.2. The van der Waals surface area contributed by atoms with Crippen molar-refractivity contribution in [3.63, 3.8) is 0 Å². The number of hydrogen-bond donors (Lipinski definition) is 1. The van der Waals surface area contributed by atoms with Crippen molar-refractivity contribution < 1.29 is 26.7 Å². The van der Waals surface area contributed by atoms with Crippen LogP contribution in [0.3, 0.4) is 0 Å². The lowest BCUT2D eigenvalue weighted by molar-refractivity contribution is -0.0511. The van der Waals surface area contributed by atoms with Gasteiger partial charge in [0.2, 0.25) is 10.0 Å². The third-order valence-electron chi connectivity index (χ3n) is 2.13. The summed E-state index contributed by atoms with van der Waals surface area (Å²) in [5, 5.41) is 0. The Hall–Kier alpha value is -1.57. The van der Waals surface area contributed by atoms with Crippen LogP contribution in [0.5, 0.6) is 11.5 Å². The Morgan fingerprint density at radius 1 is 1.32 bits per heavy atom. The van der Waals surface area contributed by atoms with Gasteiger partial charge in [-0.2, -0.15) is 8.78 Å². The fourth-order valence-electron chi connectivity index (χ4n) is 1.43. The highest BCUT2D eigenvalue weighted by Gasteiger charge is 2.14. The van der Waals surface area contributed by atoms with Crippen molar-refractivity contribution in [3.05, 3.63) is 18.2 Å². The number of halogens is 2. The number of benzene rings is 1. The van der Waals surface area contributed by atoms with E-state index in [1.165, 1.54) is 19.2 Å².